The maximum Gasteiger partial charge on any atom is 0.0366 e. The number of anilines is 1. The minimum atomic E-state index is 0.663. The molecule has 0 bridgehead atoms. The van der Waals surface area contributed by atoms with Gasteiger partial charge < -0.3 is 5.73 Å². The van der Waals surface area contributed by atoms with Gasteiger partial charge in [-0.1, -0.05) is 42.8 Å². The van der Waals surface area contributed by atoms with Gasteiger partial charge in [0.15, 0.2) is 0 Å². The van der Waals surface area contributed by atoms with Crippen molar-refractivity contribution in [1.29, 1.82) is 0 Å². The fraction of sp³-hybridized carbons (Fsp3) is 0.500. The topological polar surface area (TPSA) is 26.0 Å². The third-order valence-corrected chi connectivity index (χ3v) is 4.85. The molecule has 1 atom stereocenters. The van der Waals surface area contributed by atoms with Crippen LogP contribution in [0.25, 0.3) is 0 Å². The number of rotatable bonds is 4. The number of hydrogen-bond donors (Lipinski definition) is 1. The van der Waals surface area contributed by atoms with E-state index in [9.17, 15) is 0 Å². The van der Waals surface area contributed by atoms with Crippen molar-refractivity contribution in [2.45, 2.75) is 31.8 Å². The highest BCUT2D eigenvalue weighted by Crippen LogP contribution is 2.30. The molecule has 0 aliphatic rings. The lowest BCUT2D eigenvalue weighted by atomic mass is 10.2. The van der Waals surface area contributed by atoms with Gasteiger partial charge in [-0.25, -0.2) is 0 Å². The third kappa shape index (κ3) is 3.72. The summed E-state index contributed by atoms with van der Waals surface area (Å²) in [7, 11) is 0. The Morgan fingerprint density at radius 3 is 2.53 bits per heavy atom. The molecule has 0 heterocycles. The van der Waals surface area contributed by atoms with Crippen LogP contribution < -0.4 is 5.73 Å². The monoisotopic (exact) mass is 287 g/mol. The molecule has 1 unspecified atom stereocenters. The van der Waals surface area contributed by atoms with E-state index in [-0.39, 0.29) is 0 Å². The van der Waals surface area contributed by atoms with Crippen molar-refractivity contribution in [1.82, 2.24) is 0 Å². The normalized spacial score (nSPS) is 13.1. The summed E-state index contributed by atoms with van der Waals surface area (Å²) < 4.78 is 1.12. The lowest BCUT2D eigenvalue weighted by Gasteiger charge is -2.16. The molecule has 1 aromatic rings. The van der Waals surface area contributed by atoms with Crippen LogP contribution in [0, 0.1) is 5.92 Å². The van der Waals surface area contributed by atoms with Gasteiger partial charge in [0, 0.05) is 21.2 Å². The van der Waals surface area contributed by atoms with Gasteiger partial charge in [0.1, 0.15) is 0 Å². The Hall–Kier alpha value is -0.150. The highest BCUT2D eigenvalue weighted by Gasteiger charge is 2.10. The molecule has 1 aromatic carbocycles. The Balaban J connectivity index is 2.65. The minimum Gasteiger partial charge on any atom is -0.398 e. The van der Waals surface area contributed by atoms with Crippen LogP contribution in [-0.2, 0) is 5.75 Å². The van der Waals surface area contributed by atoms with Crippen molar-refractivity contribution in [2.75, 3.05) is 5.73 Å². The number of hydrogen-bond acceptors (Lipinski definition) is 2. The van der Waals surface area contributed by atoms with Gasteiger partial charge in [0.05, 0.1) is 0 Å². The van der Waals surface area contributed by atoms with Gasteiger partial charge in [-0.15, -0.1) is 0 Å². The molecule has 2 N–H and O–H groups in total. The van der Waals surface area contributed by atoms with E-state index in [0.717, 1.165) is 15.9 Å². The van der Waals surface area contributed by atoms with Crippen molar-refractivity contribution >= 4 is 33.4 Å². The second-order valence-corrected chi connectivity index (χ2v) is 6.29. The molecule has 1 nitrogen and oxygen atoms in total. The molecule has 0 fully saturated rings. The number of benzene rings is 1. The first-order valence-corrected chi connectivity index (χ1v) is 7.01. The Labute approximate surface area is 105 Å². The molecule has 3 heteroatoms. The van der Waals surface area contributed by atoms with Crippen molar-refractivity contribution in [3.05, 3.63) is 28.2 Å². The number of nitrogens with two attached hydrogens (primary N) is 1. The summed E-state index contributed by atoms with van der Waals surface area (Å²) in [5.41, 5.74) is 8.04. The maximum absolute atomic E-state index is 5.94. The first-order valence-electron chi connectivity index (χ1n) is 5.16. The number of halogens is 1. The summed E-state index contributed by atoms with van der Waals surface area (Å²) in [5, 5.41) is 0.663. The maximum atomic E-state index is 5.94. The van der Waals surface area contributed by atoms with E-state index >= 15 is 0 Å². The van der Waals surface area contributed by atoms with Crippen molar-refractivity contribution in [2.24, 2.45) is 5.92 Å². The summed E-state index contributed by atoms with van der Waals surface area (Å²) in [5.74, 6) is 1.69. The fourth-order valence-corrected chi connectivity index (χ4v) is 2.98. The molecule has 0 amide bonds. The second-order valence-electron chi connectivity index (χ2n) is 4.07. The molecule has 0 aromatic heterocycles. The van der Waals surface area contributed by atoms with E-state index in [2.05, 4.69) is 36.7 Å². The smallest absolute Gasteiger partial charge is 0.0366 e. The lowest BCUT2D eigenvalue weighted by molar-refractivity contribution is 0.642. The Morgan fingerprint density at radius 1 is 1.33 bits per heavy atom. The molecule has 15 heavy (non-hydrogen) atoms. The zero-order valence-electron chi connectivity index (χ0n) is 9.46. The van der Waals surface area contributed by atoms with Crippen molar-refractivity contribution in [3.63, 3.8) is 0 Å². The van der Waals surface area contributed by atoms with Gasteiger partial charge >= 0.3 is 0 Å². The van der Waals surface area contributed by atoms with Gasteiger partial charge in [-0.2, -0.15) is 11.8 Å². The molecule has 0 radical (unpaired) electrons. The Bertz CT molecular complexity index is 305. The molecule has 84 valence electrons. The van der Waals surface area contributed by atoms with Gasteiger partial charge in [-0.05, 0) is 23.6 Å². The van der Waals surface area contributed by atoms with E-state index in [1.807, 2.05) is 30.0 Å². The highest BCUT2D eigenvalue weighted by atomic mass is 79.9. The van der Waals surface area contributed by atoms with Crippen LogP contribution in [0.15, 0.2) is 22.7 Å². The first-order chi connectivity index (χ1) is 7.02. The Morgan fingerprint density at radius 2 is 2.00 bits per heavy atom. The van der Waals surface area contributed by atoms with Crippen molar-refractivity contribution in [3.8, 4) is 0 Å². The highest BCUT2D eigenvalue weighted by molar-refractivity contribution is 9.10. The zero-order valence-corrected chi connectivity index (χ0v) is 11.9. The second kappa shape index (κ2) is 5.80. The van der Waals surface area contributed by atoms with Crippen LogP contribution in [0.4, 0.5) is 5.69 Å². The molecule has 1 rings (SSSR count). The van der Waals surface area contributed by atoms with E-state index in [0.29, 0.717) is 11.2 Å². The standard InChI is InChI=1S/C12H18BrNS/c1-8(2)9(3)15-7-10-11(13)5-4-6-12(10)14/h4-6,8-9H,7,14H2,1-3H3. The summed E-state index contributed by atoms with van der Waals surface area (Å²) in [6.45, 7) is 6.77. The van der Waals surface area contributed by atoms with E-state index in [1.165, 1.54) is 5.56 Å². The largest absolute Gasteiger partial charge is 0.398 e. The molecular weight excluding hydrogens is 270 g/mol. The van der Waals surface area contributed by atoms with Gasteiger partial charge in [0.25, 0.3) is 0 Å². The van der Waals surface area contributed by atoms with Crippen molar-refractivity contribution < 1.29 is 0 Å². The van der Waals surface area contributed by atoms with E-state index in [4.69, 9.17) is 5.73 Å². The third-order valence-electron chi connectivity index (χ3n) is 2.58. The summed E-state index contributed by atoms with van der Waals surface area (Å²) in [4.78, 5) is 0. The van der Waals surface area contributed by atoms with Crippen LogP contribution in [0.1, 0.15) is 26.3 Å². The van der Waals surface area contributed by atoms with E-state index in [1.54, 1.807) is 0 Å². The summed E-state index contributed by atoms with van der Waals surface area (Å²) in [6, 6.07) is 5.98. The molecular formula is C12H18BrNS. The summed E-state index contributed by atoms with van der Waals surface area (Å²) in [6.07, 6.45) is 0. The van der Waals surface area contributed by atoms with Crippen LogP contribution >= 0.6 is 27.7 Å². The molecule has 0 spiro atoms. The predicted octanol–water partition coefficient (Wildman–Crippen LogP) is 4.31. The van der Waals surface area contributed by atoms with Crippen LogP contribution in [0.5, 0.6) is 0 Å². The average molecular weight is 288 g/mol. The van der Waals surface area contributed by atoms with Crippen LogP contribution in [0.2, 0.25) is 0 Å². The fourth-order valence-electron chi connectivity index (χ4n) is 1.13. The summed E-state index contributed by atoms with van der Waals surface area (Å²) >= 11 is 5.50. The average Bonchev–Trinajstić information content (AvgIpc) is 2.16. The minimum absolute atomic E-state index is 0.663. The van der Waals surface area contributed by atoms with Gasteiger partial charge in [-0.3, -0.25) is 0 Å². The SMILES string of the molecule is CC(C)C(C)SCc1c(N)cccc1Br. The van der Waals surface area contributed by atoms with Crippen LogP contribution in [-0.4, -0.2) is 5.25 Å². The number of nitrogen functional groups attached to an aromatic ring is 1. The molecule has 0 aliphatic carbocycles. The van der Waals surface area contributed by atoms with Crippen LogP contribution in [0.3, 0.4) is 0 Å². The molecule has 0 saturated carbocycles. The van der Waals surface area contributed by atoms with E-state index < -0.39 is 0 Å². The molecule has 0 saturated heterocycles. The number of thioether (sulfide) groups is 1. The first kappa shape index (κ1) is 12.9. The van der Waals surface area contributed by atoms with Gasteiger partial charge in [0.2, 0.25) is 0 Å². The lowest BCUT2D eigenvalue weighted by Crippen LogP contribution is -2.06. The Kier molecular flexibility index (Phi) is 5.00. The molecule has 0 aliphatic heterocycles. The quantitative estimate of drug-likeness (QED) is 0.835. The zero-order chi connectivity index (χ0) is 11.4. The predicted molar refractivity (Wildman–Crippen MR) is 74.1 cm³/mol.